The topological polar surface area (TPSA) is 40.5 Å². The van der Waals surface area contributed by atoms with E-state index in [2.05, 4.69) is 11.9 Å². The first-order valence-corrected chi connectivity index (χ1v) is 6.62. The third kappa shape index (κ3) is 5.50. The Morgan fingerprint density at radius 2 is 1.88 bits per heavy atom. The van der Waals surface area contributed by atoms with Crippen LogP contribution in [-0.2, 0) is 4.79 Å². The van der Waals surface area contributed by atoms with Crippen LogP contribution in [0.4, 0.5) is 0 Å². The lowest BCUT2D eigenvalue weighted by atomic mass is 9.94. The Morgan fingerprint density at radius 3 is 2.50 bits per heavy atom. The van der Waals surface area contributed by atoms with Crippen LogP contribution in [0.5, 0.6) is 0 Å². The lowest BCUT2D eigenvalue weighted by Gasteiger charge is -2.31. The van der Waals surface area contributed by atoms with Crippen LogP contribution in [0.3, 0.4) is 0 Å². The van der Waals surface area contributed by atoms with Gasteiger partial charge in [0.15, 0.2) is 0 Å². The molecule has 0 spiro atoms. The van der Waals surface area contributed by atoms with Crippen molar-refractivity contribution in [3.8, 4) is 0 Å². The maximum atomic E-state index is 10.3. The highest BCUT2D eigenvalue weighted by Gasteiger charge is 2.17. The van der Waals surface area contributed by atoms with E-state index in [0.717, 1.165) is 31.8 Å². The molecule has 1 N–H and O–H groups in total. The number of nitrogens with zero attached hydrogens (tertiary/aromatic N) is 1. The number of carboxylic acid groups (broad SMARTS) is 1. The molecular formula is C13H25NO2. The molecule has 0 atom stereocenters. The Hall–Kier alpha value is -0.570. The second kappa shape index (κ2) is 7.66. The Labute approximate surface area is 98.8 Å². The third-order valence-corrected chi connectivity index (χ3v) is 3.60. The quantitative estimate of drug-likeness (QED) is 0.680. The van der Waals surface area contributed by atoms with Gasteiger partial charge in [0.05, 0.1) is 0 Å². The number of carboxylic acids is 1. The Balaban J connectivity index is 2.00. The molecule has 3 nitrogen and oxygen atoms in total. The normalized spacial score (nSPS) is 17.9. The van der Waals surface area contributed by atoms with Crippen molar-refractivity contribution in [2.45, 2.75) is 63.8 Å². The maximum Gasteiger partial charge on any atom is 0.303 e. The van der Waals surface area contributed by atoms with Gasteiger partial charge in [-0.15, -0.1) is 0 Å². The van der Waals surface area contributed by atoms with Crippen molar-refractivity contribution in [1.82, 2.24) is 4.90 Å². The van der Waals surface area contributed by atoms with E-state index in [-0.39, 0.29) is 0 Å². The van der Waals surface area contributed by atoms with Crippen LogP contribution in [0.25, 0.3) is 0 Å². The summed E-state index contributed by atoms with van der Waals surface area (Å²) in [6.07, 6.45) is 10.2. The number of carbonyl (C=O) groups is 1. The zero-order valence-corrected chi connectivity index (χ0v) is 10.5. The van der Waals surface area contributed by atoms with Gasteiger partial charge in [-0.2, -0.15) is 0 Å². The minimum Gasteiger partial charge on any atom is -0.481 e. The molecule has 0 aliphatic heterocycles. The average molecular weight is 227 g/mol. The molecule has 3 heteroatoms. The first-order valence-electron chi connectivity index (χ1n) is 6.62. The first kappa shape index (κ1) is 13.5. The Kier molecular flexibility index (Phi) is 6.46. The van der Waals surface area contributed by atoms with Crippen LogP contribution >= 0.6 is 0 Å². The van der Waals surface area contributed by atoms with Crippen LogP contribution in [0.15, 0.2) is 0 Å². The molecule has 1 aliphatic rings. The zero-order chi connectivity index (χ0) is 11.8. The Morgan fingerprint density at radius 1 is 1.19 bits per heavy atom. The maximum absolute atomic E-state index is 10.3. The highest BCUT2D eigenvalue weighted by Crippen LogP contribution is 2.21. The molecule has 0 aromatic heterocycles. The highest BCUT2D eigenvalue weighted by atomic mass is 16.4. The van der Waals surface area contributed by atoms with E-state index in [4.69, 9.17) is 5.11 Å². The molecule has 0 heterocycles. The molecule has 0 radical (unpaired) electrons. The summed E-state index contributed by atoms with van der Waals surface area (Å²) >= 11 is 0. The summed E-state index contributed by atoms with van der Waals surface area (Å²) in [5, 5.41) is 8.52. The smallest absolute Gasteiger partial charge is 0.303 e. The van der Waals surface area contributed by atoms with Crippen molar-refractivity contribution >= 4 is 5.97 Å². The summed E-state index contributed by atoms with van der Waals surface area (Å²) in [5.41, 5.74) is 0. The number of hydrogen-bond donors (Lipinski definition) is 1. The lowest BCUT2D eigenvalue weighted by Crippen LogP contribution is -2.34. The molecule has 0 bridgehead atoms. The average Bonchev–Trinajstić information content (AvgIpc) is 2.29. The van der Waals surface area contributed by atoms with Gasteiger partial charge in [0.25, 0.3) is 0 Å². The second-order valence-corrected chi connectivity index (χ2v) is 4.98. The van der Waals surface area contributed by atoms with Crippen molar-refractivity contribution in [1.29, 1.82) is 0 Å². The van der Waals surface area contributed by atoms with Gasteiger partial charge < -0.3 is 10.0 Å². The lowest BCUT2D eigenvalue weighted by molar-refractivity contribution is -0.137. The number of aliphatic carboxylic acids is 1. The van der Waals surface area contributed by atoms with Crippen molar-refractivity contribution < 1.29 is 9.90 Å². The van der Waals surface area contributed by atoms with E-state index in [1.165, 1.54) is 32.1 Å². The summed E-state index contributed by atoms with van der Waals surface area (Å²) in [4.78, 5) is 12.8. The summed E-state index contributed by atoms with van der Waals surface area (Å²) in [5.74, 6) is -0.666. The van der Waals surface area contributed by atoms with Gasteiger partial charge in [-0.1, -0.05) is 25.7 Å². The molecule has 16 heavy (non-hydrogen) atoms. The van der Waals surface area contributed by atoms with E-state index in [1.54, 1.807) is 0 Å². The molecule has 1 fully saturated rings. The van der Waals surface area contributed by atoms with E-state index >= 15 is 0 Å². The molecule has 1 aliphatic carbocycles. The molecular weight excluding hydrogens is 202 g/mol. The third-order valence-electron chi connectivity index (χ3n) is 3.60. The van der Waals surface area contributed by atoms with E-state index in [0.29, 0.717) is 6.42 Å². The van der Waals surface area contributed by atoms with Crippen molar-refractivity contribution in [3.63, 3.8) is 0 Å². The van der Waals surface area contributed by atoms with Crippen molar-refractivity contribution in [2.24, 2.45) is 0 Å². The van der Waals surface area contributed by atoms with Crippen LogP contribution in [0, 0.1) is 0 Å². The van der Waals surface area contributed by atoms with Gasteiger partial charge in [-0.3, -0.25) is 4.79 Å². The SMILES string of the molecule is CN(CCCCCC(=O)O)C1CCCCC1. The predicted octanol–water partition coefficient (Wildman–Crippen LogP) is 2.90. The van der Waals surface area contributed by atoms with Crippen LogP contribution in [0.1, 0.15) is 57.8 Å². The van der Waals surface area contributed by atoms with E-state index in [9.17, 15) is 4.79 Å². The summed E-state index contributed by atoms with van der Waals surface area (Å²) in [6, 6.07) is 0.785. The fraction of sp³-hybridized carbons (Fsp3) is 0.923. The van der Waals surface area contributed by atoms with E-state index < -0.39 is 5.97 Å². The van der Waals surface area contributed by atoms with Crippen molar-refractivity contribution in [2.75, 3.05) is 13.6 Å². The van der Waals surface area contributed by atoms with Crippen LogP contribution in [0.2, 0.25) is 0 Å². The van der Waals surface area contributed by atoms with Crippen LogP contribution in [-0.4, -0.2) is 35.6 Å². The van der Waals surface area contributed by atoms with Gasteiger partial charge >= 0.3 is 5.97 Å². The monoisotopic (exact) mass is 227 g/mol. The minimum absolute atomic E-state index is 0.327. The van der Waals surface area contributed by atoms with Gasteiger partial charge in [0.2, 0.25) is 0 Å². The first-order chi connectivity index (χ1) is 7.70. The standard InChI is InChI=1S/C13H25NO2/c1-14(12-8-4-2-5-9-12)11-7-3-6-10-13(15)16/h12H,2-11H2,1H3,(H,15,16). The fourth-order valence-electron chi connectivity index (χ4n) is 2.52. The molecule has 1 rings (SSSR count). The molecule has 0 unspecified atom stereocenters. The Bertz CT molecular complexity index is 200. The predicted molar refractivity (Wildman–Crippen MR) is 65.6 cm³/mol. The molecule has 0 aromatic rings. The van der Waals surface area contributed by atoms with Gasteiger partial charge in [-0.25, -0.2) is 0 Å². The number of rotatable bonds is 7. The minimum atomic E-state index is -0.666. The van der Waals surface area contributed by atoms with Crippen LogP contribution < -0.4 is 0 Å². The molecule has 0 saturated heterocycles. The van der Waals surface area contributed by atoms with Gasteiger partial charge in [-0.05, 0) is 39.3 Å². The van der Waals surface area contributed by atoms with Crippen molar-refractivity contribution in [3.05, 3.63) is 0 Å². The summed E-state index contributed by atoms with van der Waals surface area (Å²) in [6.45, 7) is 1.13. The van der Waals surface area contributed by atoms with Gasteiger partial charge in [0, 0.05) is 12.5 Å². The molecule has 0 amide bonds. The number of unbranched alkanes of at least 4 members (excludes halogenated alkanes) is 2. The fourth-order valence-corrected chi connectivity index (χ4v) is 2.52. The highest BCUT2D eigenvalue weighted by molar-refractivity contribution is 5.66. The second-order valence-electron chi connectivity index (χ2n) is 4.98. The molecule has 0 aromatic carbocycles. The van der Waals surface area contributed by atoms with Gasteiger partial charge in [0.1, 0.15) is 0 Å². The summed E-state index contributed by atoms with van der Waals surface area (Å²) < 4.78 is 0. The molecule has 1 saturated carbocycles. The van der Waals surface area contributed by atoms with E-state index in [1.807, 2.05) is 0 Å². The number of hydrogen-bond acceptors (Lipinski definition) is 2. The molecule has 94 valence electrons. The largest absolute Gasteiger partial charge is 0.481 e. The summed E-state index contributed by atoms with van der Waals surface area (Å²) in [7, 11) is 2.22. The zero-order valence-electron chi connectivity index (χ0n) is 10.5.